The Balaban J connectivity index is 1.99. The highest BCUT2D eigenvalue weighted by Gasteiger charge is 2.27. The highest BCUT2D eigenvalue weighted by molar-refractivity contribution is 6.18. The van der Waals surface area contributed by atoms with E-state index in [1.54, 1.807) is 0 Å². The van der Waals surface area contributed by atoms with E-state index < -0.39 is 0 Å². The fourth-order valence-corrected chi connectivity index (χ4v) is 3.32. The highest BCUT2D eigenvalue weighted by atomic mass is 35.5. The highest BCUT2D eigenvalue weighted by Crippen LogP contribution is 2.24. The lowest BCUT2D eigenvalue weighted by Gasteiger charge is -2.35. The van der Waals surface area contributed by atoms with Crippen molar-refractivity contribution in [2.45, 2.75) is 25.3 Å². The first-order valence-electron chi connectivity index (χ1n) is 7.16. The van der Waals surface area contributed by atoms with Crippen molar-refractivity contribution in [2.75, 3.05) is 12.4 Å². The molecule has 0 aromatic heterocycles. The average Bonchev–Trinajstić information content (AvgIpc) is 2.53. The van der Waals surface area contributed by atoms with E-state index in [9.17, 15) is 4.79 Å². The topological polar surface area (TPSA) is 20.3 Å². The third kappa shape index (κ3) is 2.40. The molecular formula is C17H18ClNO. The van der Waals surface area contributed by atoms with Crippen LogP contribution in [0, 0.1) is 0 Å². The van der Waals surface area contributed by atoms with Crippen LogP contribution in [0.5, 0.6) is 0 Å². The summed E-state index contributed by atoms with van der Waals surface area (Å²) in [5, 5.41) is 2.14. The number of hydrogen-bond donors (Lipinski definition) is 0. The monoisotopic (exact) mass is 287 g/mol. The number of carbonyl (C=O) groups excluding carboxylic acids is 1. The minimum atomic E-state index is 0.118. The molecule has 104 valence electrons. The van der Waals surface area contributed by atoms with E-state index in [1.807, 2.05) is 47.4 Å². The molecule has 2 aromatic rings. The summed E-state index contributed by atoms with van der Waals surface area (Å²) >= 11 is 6.03. The van der Waals surface area contributed by atoms with Crippen LogP contribution in [-0.4, -0.2) is 29.3 Å². The second-order valence-electron chi connectivity index (χ2n) is 5.33. The summed E-state index contributed by atoms with van der Waals surface area (Å²) in [4.78, 5) is 14.8. The van der Waals surface area contributed by atoms with Crippen molar-refractivity contribution in [3.63, 3.8) is 0 Å². The third-order valence-corrected chi connectivity index (χ3v) is 4.44. The Kier molecular flexibility index (Phi) is 3.93. The zero-order valence-corrected chi connectivity index (χ0v) is 12.1. The van der Waals surface area contributed by atoms with Crippen LogP contribution in [0.4, 0.5) is 0 Å². The van der Waals surface area contributed by atoms with Crippen molar-refractivity contribution >= 4 is 28.3 Å². The van der Waals surface area contributed by atoms with Gasteiger partial charge in [-0.1, -0.05) is 36.4 Å². The lowest BCUT2D eigenvalue weighted by molar-refractivity contribution is 0.0641. The van der Waals surface area contributed by atoms with Crippen molar-refractivity contribution in [2.24, 2.45) is 0 Å². The molecule has 2 nitrogen and oxygen atoms in total. The second kappa shape index (κ2) is 5.84. The smallest absolute Gasteiger partial charge is 0.254 e. The fourth-order valence-electron chi connectivity index (χ4n) is 2.99. The molecule has 0 saturated carbocycles. The van der Waals surface area contributed by atoms with Gasteiger partial charge in [0.25, 0.3) is 5.91 Å². The molecule has 1 fully saturated rings. The van der Waals surface area contributed by atoms with Crippen LogP contribution in [0.1, 0.15) is 29.6 Å². The molecule has 1 aliphatic heterocycles. The van der Waals surface area contributed by atoms with Gasteiger partial charge in [0.2, 0.25) is 0 Å². The van der Waals surface area contributed by atoms with E-state index in [0.29, 0.717) is 5.88 Å². The quantitative estimate of drug-likeness (QED) is 0.762. The molecule has 1 aliphatic rings. The first kappa shape index (κ1) is 13.4. The largest absolute Gasteiger partial charge is 0.334 e. The fraction of sp³-hybridized carbons (Fsp3) is 0.353. The minimum Gasteiger partial charge on any atom is -0.334 e. The number of nitrogens with zero attached hydrogens (tertiary/aromatic N) is 1. The molecule has 1 atom stereocenters. The van der Waals surface area contributed by atoms with Crippen LogP contribution >= 0.6 is 11.6 Å². The predicted molar refractivity (Wildman–Crippen MR) is 83.3 cm³/mol. The normalized spacial score (nSPS) is 19.2. The first-order chi connectivity index (χ1) is 9.81. The van der Waals surface area contributed by atoms with Crippen LogP contribution < -0.4 is 0 Å². The van der Waals surface area contributed by atoms with Crippen LogP contribution in [0.3, 0.4) is 0 Å². The summed E-state index contributed by atoms with van der Waals surface area (Å²) in [6.45, 7) is 0.819. The summed E-state index contributed by atoms with van der Waals surface area (Å²) in [5.41, 5.74) is 0.792. The van der Waals surface area contributed by atoms with Crippen molar-refractivity contribution in [3.8, 4) is 0 Å². The van der Waals surface area contributed by atoms with Gasteiger partial charge in [-0.25, -0.2) is 0 Å². The molecule has 0 radical (unpaired) electrons. The molecule has 2 aromatic carbocycles. The van der Waals surface area contributed by atoms with Crippen molar-refractivity contribution in [1.82, 2.24) is 4.90 Å². The van der Waals surface area contributed by atoms with Gasteiger partial charge >= 0.3 is 0 Å². The zero-order chi connectivity index (χ0) is 13.9. The van der Waals surface area contributed by atoms with Crippen molar-refractivity contribution in [3.05, 3.63) is 48.0 Å². The SMILES string of the molecule is O=C(c1cccc2ccccc12)N1CCCCC1CCl. The minimum absolute atomic E-state index is 0.118. The third-order valence-electron chi connectivity index (χ3n) is 4.09. The molecule has 1 saturated heterocycles. The van der Waals surface area contributed by atoms with Crippen LogP contribution in [0.25, 0.3) is 10.8 Å². The maximum absolute atomic E-state index is 12.9. The molecule has 0 bridgehead atoms. The second-order valence-corrected chi connectivity index (χ2v) is 5.64. The van der Waals surface area contributed by atoms with Crippen LogP contribution in [0.15, 0.2) is 42.5 Å². The number of hydrogen-bond acceptors (Lipinski definition) is 1. The van der Waals surface area contributed by atoms with Gasteiger partial charge in [-0.05, 0) is 36.1 Å². The number of piperidine rings is 1. The summed E-state index contributed by atoms with van der Waals surface area (Å²) in [5.74, 6) is 0.642. The number of likely N-dealkylation sites (tertiary alicyclic amines) is 1. The number of carbonyl (C=O) groups is 1. The molecular weight excluding hydrogens is 270 g/mol. The summed E-state index contributed by atoms with van der Waals surface area (Å²) in [6.07, 6.45) is 3.25. The molecule has 1 amide bonds. The number of alkyl halides is 1. The maximum atomic E-state index is 12.9. The number of rotatable bonds is 2. The molecule has 1 unspecified atom stereocenters. The van der Waals surface area contributed by atoms with E-state index in [0.717, 1.165) is 42.1 Å². The molecule has 20 heavy (non-hydrogen) atoms. The van der Waals surface area contributed by atoms with Crippen LogP contribution in [0.2, 0.25) is 0 Å². The van der Waals surface area contributed by atoms with Gasteiger partial charge in [-0.15, -0.1) is 11.6 Å². The first-order valence-corrected chi connectivity index (χ1v) is 7.69. The van der Waals surface area contributed by atoms with Gasteiger partial charge < -0.3 is 4.90 Å². The number of fused-ring (bicyclic) bond motifs is 1. The van der Waals surface area contributed by atoms with Gasteiger partial charge in [-0.3, -0.25) is 4.79 Å². The van der Waals surface area contributed by atoms with Crippen molar-refractivity contribution < 1.29 is 4.79 Å². The Morgan fingerprint density at radius 2 is 1.95 bits per heavy atom. The number of halogens is 1. The number of amides is 1. The van der Waals surface area contributed by atoms with E-state index >= 15 is 0 Å². The Bertz CT molecular complexity index is 620. The zero-order valence-electron chi connectivity index (χ0n) is 11.4. The molecule has 3 rings (SSSR count). The van der Waals surface area contributed by atoms with Gasteiger partial charge in [0.1, 0.15) is 0 Å². The predicted octanol–water partition coefficient (Wildman–Crippen LogP) is 4.07. The van der Waals surface area contributed by atoms with Gasteiger partial charge in [-0.2, -0.15) is 0 Å². The van der Waals surface area contributed by atoms with Gasteiger partial charge in [0.15, 0.2) is 0 Å². The summed E-state index contributed by atoms with van der Waals surface area (Å²) in [6, 6.07) is 14.1. The molecule has 0 spiro atoms. The van der Waals surface area contributed by atoms with Gasteiger partial charge in [0.05, 0.1) is 0 Å². The Morgan fingerprint density at radius 1 is 1.15 bits per heavy atom. The van der Waals surface area contributed by atoms with Crippen LogP contribution in [-0.2, 0) is 0 Å². The van der Waals surface area contributed by atoms with E-state index in [2.05, 4.69) is 0 Å². The van der Waals surface area contributed by atoms with Gasteiger partial charge in [0, 0.05) is 24.0 Å². The molecule has 0 aliphatic carbocycles. The lowest BCUT2D eigenvalue weighted by Crippen LogP contribution is -2.44. The average molecular weight is 288 g/mol. The Hall–Kier alpha value is -1.54. The van der Waals surface area contributed by atoms with Crippen molar-refractivity contribution in [1.29, 1.82) is 0 Å². The Morgan fingerprint density at radius 3 is 2.80 bits per heavy atom. The van der Waals surface area contributed by atoms with E-state index in [-0.39, 0.29) is 11.9 Å². The molecule has 1 heterocycles. The molecule has 0 N–H and O–H groups in total. The summed E-state index contributed by atoms with van der Waals surface area (Å²) in [7, 11) is 0. The lowest BCUT2D eigenvalue weighted by atomic mass is 9.99. The molecule has 3 heteroatoms. The Labute approximate surface area is 124 Å². The maximum Gasteiger partial charge on any atom is 0.254 e. The van der Waals surface area contributed by atoms with E-state index in [4.69, 9.17) is 11.6 Å². The number of benzene rings is 2. The standard InChI is InChI=1S/C17H18ClNO/c18-12-14-8-3-4-11-19(14)17(20)16-10-5-7-13-6-1-2-9-15(13)16/h1-2,5-7,9-10,14H,3-4,8,11-12H2. The summed E-state index contributed by atoms with van der Waals surface area (Å²) < 4.78 is 0. The van der Waals surface area contributed by atoms with E-state index in [1.165, 1.54) is 0 Å².